The lowest BCUT2D eigenvalue weighted by Crippen LogP contribution is -2.18. The normalized spacial score (nSPS) is 17.2. The van der Waals surface area contributed by atoms with Crippen LogP contribution in [0.4, 0.5) is 0 Å². The maximum absolute atomic E-state index is 11.5. The van der Waals surface area contributed by atoms with Gasteiger partial charge in [-0.3, -0.25) is 5.41 Å². The van der Waals surface area contributed by atoms with E-state index in [0.29, 0.717) is 56.1 Å². The molecule has 0 bridgehead atoms. The molecule has 6 nitrogen and oxygen atoms in total. The molecule has 1 aliphatic heterocycles. The molecule has 0 radical (unpaired) electrons. The molecular formula is C29H24Cl3NO5. The molecule has 0 saturated heterocycles. The Morgan fingerprint density at radius 3 is 2.34 bits per heavy atom. The molecule has 5 rings (SSSR count). The van der Waals surface area contributed by atoms with Crippen molar-refractivity contribution in [3.8, 4) is 11.5 Å². The van der Waals surface area contributed by atoms with Crippen molar-refractivity contribution in [2.24, 2.45) is 5.92 Å². The van der Waals surface area contributed by atoms with E-state index in [4.69, 9.17) is 49.7 Å². The number of carboxylic acid groups (broad SMARTS) is 1. The molecule has 1 saturated carbocycles. The van der Waals surface area contributed by atoms with Crippen molar-refractivity contribution in [1.82, 2.24) is 0 Å². The van der Waals surface area contributed by atoms with E-state index in [9.17, 15) is 15.0 Å². The topological polar surface area (TPSA) is 99.8 Å². The van der Waals surface area contributed by atoms with Crippen LogP contribution in [-0.4, -0.2) is 28.5 Å². The van der Waals surface area contributed by atoms with Gasteiger partial charge < -0.3 is 19.7 Å². The van der Waals surface area contributed by atoms with Gasteiger partial charge in [0.15, 0.2) is 0 Å². The fraction of sp³-hybridized carbons (Fsp3) is 0.241. The Morgan fingerprint density at radius 1 is 0.974 bits per heavy atom. The Hall–Kier alpha value is -3.19. The highest BCUT2D eigenvalue weighted by Gasteiger charge is 2.31. The zero-order valence-corrected chi connectivity index (χ0v) is 22.4. The molecule has 1 heterocycles. The van der Waals surface area contributed by atoms with E-state index in [1.54, 1.807) is 48.5 Å². The van der Waals surface area contributed by atoms with E-state index in [1.165, 1.54) is 0 Å². The number of carboxylic acids is 1. The van der Waals surface area contributed by atoms with Gasteiger partial charge in [0.05, 0.1) is 31.9 Å². The van der Waals surface area contributed by atoms with E-state index in [-0.39, 0.29) is 35.7 Å². The molecule has 1 unspecified atom stereocenters. The molecule has 1 fully saturated rings. The van der Waals surface area contributed by atoms with Crippen LogP contribution in [0.1, 0.15) is 52.4 Å². The van der Waals surface area contributed by atoms with Gasteiger partial charge >= 0.3 is 5.97 Å². The van der Waals surface area contributed by atoms with Gasteiger partial charge in [-0.25, -0.2) is 4.79 Å². The van der Waals surface area contributed by atoms with Gasteiger partial charge in [0.25, 0.3) is 0 Å². The lowest BCUT2D eigenvalue weighted by Gasteiger charge is -2.28. The minimum atomic E-state index is -0.977. The average Bonchev–Trinajstić information content (AvgIpc) is 3.73. The van der Waals surface area contributed by atoms with Crippen LogP contribution in [0.5, 0.6) is 11.5 Å². The van der Waals surface area contributed by atoms with E-state index < -0.39 is 5.97 Å². The Balaban J connectivity index is 1.34. The number of hydrogen-bond donors (Lipinski definition) is 3. The van der Waals surface area contributed by atoms with Crippen LogP contribution in [0.3, 0.4) is 0 Å². The second kappa shape index (κ2) is 10.9. The van der Waals surface area contributed by atoms with Crippen molar-refractivity contribution in [3.63, 3.8) is 0 Å². The number of rotatable bonds is 8. The molecule has 0 spiro atoms. The molecule has 0 aromatic heterocycles. The lowest BCUT2D eigenvalue weighted by molar-refractivity contribution is 0.0692. The minimum Gasteiger partial charge on any atom is -0.512 e. The Morgan fingerprint density at radius 2 is 1.68 bits per heavy atom. The van der Waals surface area contributed by atoms with Crippen molar-refractivity contribution in [1.29, 1.82) is 5.41 Å². The van der Waals surface area contributed by atoms with Crippen molar-refractivity contribution >= 4 is 46.5 Å². The first-order chi connectivity index (χ1) is 18.2. The van der Waals surface area contributed by atoms with Crippen LogP contribution in [-0.2, 0) is 6.42 Å². The zero-order chi connectivity index (χ0) is 27.0. The summed E-state index contributed by atoms with van der Waals surface area (Å²) in [5.41, 5.74) is 2.38. The van der Waals surface area contributed by atoms with E-state index in [0.717, 1.165) is 18.4 Å². The average molecular weight is 573 g/mol. The molecule has 3 aromatic rings. The standard InChI is InChI=1S/C29H24Cl3NO5/c30-21-4-2-5-22(31)26(21)27(33)20(28(34)15-7-8-15)14-37-16-9-10-19(23(32)13-16)25-12-11-17-18(29(35)36)3-1-6-24(17)38-25/h1-6,9-10,13,15,25,33-34H,7-8,11-12,14H2,(H,35,36)/b28-20-,33-27?. The van der Waals surface area contributed by atoms with Gasteiger partial charge in [0, 0.05) is 22.6 Å². The summed E-state index contributed by atoms with van der Waals surface area (Å²) in [6.07, 6.45) is 2.49. The van der Waals surface area contributed by atoms with Gasteiger partial charge in [-0.05, 0) is 62.1 Å². The Labute approximate surface area is 234 Å². The summed E-state index contributed by atoms with van der Waals surface area (Å²) >= 11 is 19.3. The van der Waals surface area contributed by atoms with Crippen LogP contribution in [0.25, 0.3) is 0 Å². The number of fused-ring (bicyclic) bond motifs is 1. The second-order valence-corrected chi connectivity index (χ2v) is 10.5. The summed E-state index contributed by atoms with van der Waals surface area (Å²) in [5.74, 6) is 0.134. The first-order valence-corrected chi connectivity index (χ1v) is 13.3. The first kappa shape index (κ1) is 26.4. The highest BCUT2D eigenvalue weighted by atomic mass is 35.5. The molecule has 9 heteroatoms. The Kier molecular flexibility index (Phi) is 7.57. The van der Waals surface area contributed by atoms with Crippen LogP contribution < -0.4 is 9.47 Å². The lowest BCUT2D eigenvalue weighted by atomic mass is 9.94. The Bertz CT molecular complexity index is 1440. The number of aliphatic hydroxyl groups excluding tert-OH is 1. The number of nitrogens with one attached hydrogen (secondary N) is 1. The van der Waals surface area contributed by atoms with Crippen LogP contribution in [0.2, 0.25) is 15.1 Å². The number of halogens is 3. The predicted octanol–water partition coefficient (Wildman–Crippen LogP) is 8.08. The van der Waals surface area contributed by atoms with Crippen molar-refractivity contribution in [2.45, 2.75) is 31.8 Å². The third kappa shape index (κ3) is 5.35. The third-order valence-electron chi connectivity index (χ3n) is 6.78. The number of carbonyl (C=O) groups is 1. The summed E-state index contributed by atoms with van der Waals surface area (Å²) in [4.78, 5) is 11.5. The summed E-state index contributed by atoms with van der Waals surface area (Å²) < 4.78 is 12.1. The molecule has 2 aliphatic rings. The maximum Gasteiger partial charge on any atom is 0.336 e. The fourth-order valence-corrected chi connectivity index (χ4v) is 5.50. The van der Waals surface area contributed by atoms with Gasteiger partial charge in [0.1, 0.15) is 30.0 Å². The number of allylic oxidation sites excluding steroid dienone is 1. The van der Waals surface area contributed by atoms with Crippen LogP contribution in [0, 0.1) is 11.3 Å². The number of aromatic carboxylic acids is 1. The molecule has 0 amide bonds. The molecule has 1 aliphatic carbocycles. The quantitative estimate of drug-likeness (QED) is 0.187. The monoisotopic (exact) mass is 571 g/mol. The third-order valence-corrected chi connectivity index (χ3v) is 7.74. The van der Waals surface area contributed by atoms with E-state index in [2.05, 4.69) is 0 Å². The highest BCUT2D eigenvalue weighted by Crippen LogP contribution is 2.41. The van der Waals surface area contributed by atoms with Crippen LogP contribution >= 0.6 is 34.8 Å². The highest BCUT2D eigenvalue weighted by molar-refractivity contribution is 6.41. The number of benzene rings is 3. The van der Waals surface area contributed by atoms with Gasteiger partial charge in [0.2, 0.25) is 0 Å². The number of hydrogen-bond acceptors (Lipinski definition) is 5. The second-order valence-electron chi connectivity index (χ2n) is 9.31. The summed E-state index contributed by atoms with van der Waals surface area (Å²) in [6.45, 7) is -0.0658. The zero-order valence-electron chi connectivity index (χ0n) is 20.1. The smallest absolute Gasteiger partial charge is 0.336 e. The number of aliphatic hydroxyl groups is 1. The predicted molar refractivity (Wildman–Crippen MR) is 148 cm³/mol. The molecule has 1 atom stereocenters. The fourth-order valence-electron chi connectivity index (χ4n) is 4.62. The molecule has 3 N–H and O–H groups in total. The van der Waals surface area contributed by atoms with Crippen molar-refractivity contribution < 1.29 is 24.5 Å². The van der Waals surface area contributed by atoms with Gasteiger partial charge in [-0.1, -0.05) is 53.0 Å². The van der Waals surface area contributed by atoms with Gasteiger partial charge in [-0.15, -0.1) is 0 Å². The molecule has 3 aromatic carbocycles. The van der Waals surface area contributed by atoms with E-state index in [1.807, 2.05) is 6.07 Å². The first-order valence-electron chi connectivity index (χ1n) is 12.1. The van der Waals surface area contributed by atoms with E-state index >= 15 is 0 Å². The largest absolute Gasteiger partial charge is 0.512 e. The summed E-state index contributed by atoms with van der Waals surface area (Å²) in [7, 11) is 0. The molecular weight excluding hydrogens is 549 g/mol. The van der Waals surface area contributed by atoms with Crippen molar-refractivity contribution in [3.05, 3.63) is 103 Å². The van der Waals surface area contributed by atoms with Crippen molar-refractivity contribution in [2.75, 3.05) is 6.61 Å². The molecule has 38 heavy (non-hydrogen) atoms. The maximum atomic E-state index is 11.5. The SMILES string of the molecule is N=C(/C(COc1ccc(C2CCc3c(cccc3C(=O)O)O2)c(Cl)c1)=C(\O)C1CC1)c1c(Cl)cccc1Cl. The summed E-state index contributed by atoms with van der Waals surface area (Å²) in [6, 6.07) is 15.2. The molecule has 196 valence electrons. The summed E-state index contributed by atoms with van der Waals surface area (Å²) in [5, 5.41) is 30.1. The van der Waals surface area contributed by atoms with Gasteiger partial charge in [-0.2, -0.15) is 0 Å². The van der Waals surface area contributed by atoms with Crippen LogP contribution in [0.15, 0.2) is 65.9 Å². The number of ether oxygens (including phenoxy) is 2. The minimum absolute atomic E-state index is 0.00542.